The first-order chi connectivity index (χ1) is 14.8. The number of ether oxygens (including phenoxy) is 1. The lowest BCUT2D eigenvalue weighted by molar-refractivity contribution is -0.0677. The Morgan fingerprint density at radius 2 is 1.87 bits per heavy atom. The number of aliphatic hydroxyl groups excluding tert-OH is 1. The van der Waals surface area contributed by atoms with Crippen molar-refractivity contribution in [3.63, 3.8) is 0 Å². The summed E-state index contributed by atoms with van der Waals surface area (Å²) in [7, 11) is 0. The molecule has 3 heterocycles. The molecule has 0 amide bonds. The maximum atomic E-state index is 10.2. The molecule has 1 aromatic carbocycles. The monoisotopic (exact) mass is 410 g/mol. The molecule has 3 fully saturated rings. The SMILES string of the molecule is CCCC#Cc1ccc([C@@H]2[C@H](CO)N3CCCCN(CC4CCOCC4)C[C@@H]23)cc1. The van der Waals surface area contributed by atoms with Crippen molar-refractivity contribution < 1.29 is 9.84 Å². The average Bonchev–Trinajstić information content (AvgIpc) is 2.76. The summed E-state index contributed by atoms with van der Waals surface area (Å²) in [5.41, 5.74) is 2.46. The molecule has 0 radical (unpaired) electrons. The Kier molecular flexibility index (Phi) is 7.84. The summed E-state index contributed by atoms with van der Waals surface area (Å²) in [5.74, 6) is 7.71. The van der Waals surface area contributed by atoms with Gasteiger partial charge in [0.05, 0.1) is 6.61 Å². The van der Waals surface area contributed by atoms with Gasteiger partial charge in [0.25, 0.3) is 0 Å². The third-order valence-corrected chi connectivity index (χ3v) is 7.21. The minimum absolute atomic E-state index is 0.249. The van der Waals surface area contributed by atoms with Crippen LogP contribution in [0.4, 0.5) is 0 Å². The Morgan fingerprint density at radius 3 is 2.60 bits per heavy atom. The maximum absolute atomic E-state index is 10.2. The van der Waals surface area contributed by atoms with Crippen molar-refractivity contribution in [1.29, 1.82) is 0 Å². The molecular formula is C26H38N2O2. The molecule has 3 saturated heterocycles. The number of nitrogens with zero attached hydrogens (tertiary/aromatic N) is 2. The summed E-state index contributed by atoms with van der Waals surface area (Å²) in [5, 5.41) is 10.2. The number of fused-ring (bicyclic) bond motifs is 1. The molecule has 4 heteroatoms. The van der Waals surface area contributed by atoms with E-state index in [0.717, 1.165) is 50.6 Å². The quantitative estimate of drug-likeness (QED) is 0.754. The minimum Gasteiger partial charge on any atom is -0.395 e. The molecule has 4 nitrogen and oxygen atoms in total. The topological polar surface area (TPSA) is 35.9 Å². The van der Waals surface area contributed by atoms with Crippen LogP contribution in [-0.2, 0) is 4.74 Å². The smallest absolute Gasteiger partial charge is 0.0593 e. The van der Waals surface area contributed by atoms with E-state index in [1.165, 1.54) is 44.3 Å². The maximum Gasteiger partial charge on any atom is 0.0593 e. The van der Waals surface area contributed by atoms with Crippen LogP contribution in [-0.4, -0.2) is 73.0 Å². The van der Waals surface area contributed by atoms with Crippen LogP contribution in [0.5, 0.6) is 0 Å². The Hall–Kier alpha value is -1.38. The van der Waals surface area contributed by atoms with E-state index in [2.05, 4.69) is 52.8 Å². The lowest BCUT2D eigenvalue weighted by Crippen LogP contribution is -2.67. The molecule has 30 heavy (non-hydrogen) atoms. The van der Waals surface area contributed by atoms with Gasteiger partial charge in [0, 0.05) is 56.3 Å². The predicted octanol–water partition coefficient (Wildman–Crippen LogP) is 3.49. The Morgan fingerprint density at radius 1 is 1.10 bits per heavy atom. The number of hydrogen-bond acceptors (Lipinski definition) is 4. The highest BCUT2D eigenvalue weighted by Gasteiger charge is 2.49. The fourth-order valence-electron chi connectivity index (χ4n) is 5.55. The first kappa shape index (κ1) is 21.8. The van der Waals surface area contributed by atoms with Crippen LogP contribution in [0.25, 0.3) is 0 Å². The number of rotatable bonds is 5. The highest BCUT2D eigenvalue weighted by atomic mass is 16.5. The normalized spacial score (nSPS) is 28.5. The van der Waals surface area contributed by atoms with Gasteiger partial charge in [0.15, 0.2) is 0 Å². The van der Waals surface area contributed by atoms with Crippen molar-refractivity contribution >= 4 is 0 Å². The molecule has 0 unspecified atom stereocenters. The molecular weight excluding hydrogens is 372 g/mol. The second-order valence-electron chi connectivity index (χ2n) is 9.28. The zero-order chi connectivity index (χ0) is 20.8. The second-order valence-corrected chi connectivity index (χ2v) is 9.28. The van der Waals surface area contributed by atoms with Gasteiger partial charge in [-0.25, -0.2) is 0 Å². The van der Waals surface area contributed by atoms with Gasteiger partial charge in [0.2, 0.25) is 0 Å². The fraction of sp³-hybridized carbons (Fsp3) is 0.692. The zero-order valence-corrected chi connectivity index (χ0v) is 18.6. The van der Waals surface area contributed by atoms with E-state index in [0.29, 0.717) is 12.0 Å². The van der Waals surface area contributed by atoms with Crippen LogP contribution in [0.15, 0.2) is 24.3 Å². The summed E-state index contributed by atoms with van der Waals surface area (Å²) in [6, 6.07) is 9.61. The molecule has 0 spiro atoms. The van der Waals surface area contributed by atoms with Crippen LogP contribution in [0, 0.1) is 17.8 Å². The summed E-state index contributed by atoms with van der Waals surface area (Å²) in [4.78, 5) is 5.29. The lowest BCUT2D eigenvalue weighted by atomic mass is 9.74. The summed E-state index contributed by atoms with van der Waals surface area (Å²) < 4.78 is 5.56. The highest BCUT2D eigenvalue weighted by molar-refractivity contribution is 5.39. The molecule has 4 rings (SSSR count). The highest BCUT2D eigenvalue weighted by Crippen LogP contribution is 2.42. The Bertz CT molecular complexity index is 717. The fourth-order valence-corrected chi connectivity index (χ4v) is 5.55. The van der Waals surface area contributed by atoms with Crippen molar-refractivity contribution in [2.75, 3.05) is 46.0 Å². The third kappa shape index (κ3) is 5.08. The van der Waals surface area contributed by atoms with Crippen molar-refractivity contribution in [2.24, 2.45) is 5.92 Å². The van der Waals surface area contributed by atoms with E-state index in [4.69, 9.17) is 4.74 Å². The zero-order valence-electron chi connectivity index (χ0n) is 18.6. The van der Waals surface area contributed by atoms with E-state index in [9.17, 15) is 5.11 Å². The first-order valence-corrected chi connectivity index (χ1v) is 12.1. The van der Waals surface area contributed by atoms with E-state index >= 15 is 0 Å². The van der Waals surface area contributed by atoms with Crippen molar-refractivity contribution in [2.45, 2.75) is 63.5 Å². The molecule has 1 aromatic rings. The largest absolute Gasteiger partial charge is 0.395 e. The molecule has 0 bridgehead atoms. The number of aliphatic hydroxyl groups is 1. The van der Waals surface area contributed by atoms with Crippen LogP contribution in [0.3, 0.4) is 0 Å². The molecule has 0 aromatic heterocycles. The number of hydrogen-bond donors (Lipinski definition) is 1. The molecule has 0 aliphatic carbocycles. The number of unbranched alkanes of at least 4 members (excludes halogenated alkanes) is 1. The predicted molar refractivity (Wildman–Crippen MR) is 122 cm³/mol. The van der Waals surface area contributed by atoms with Crippen LogP contribution in [0.2, 0.25) is 0 Å². The minimum atomic E-state index is 0.249. The first-order valence-electron chi connectivity index (χ1n) is 12.1. The summed E-state index contributed by atoms with van der Waals surface area (Å²) in [6.07, 6.45) is 6.96. The van der Waals surface area contributed by atoms with E-state index in [1.807, 2.05) is 0 Å². The molecule has 0 saturated carbocycles. The van der Waals surface area contributed by atoms with Crippen LogP contribution >= 0.6 is 0 Å². The average molecular weight is 411 g/mol. The van der Waals surface area contributed by atoms with Gasteiger partial charge in [-0.2, -0.15) is 0 Å². The molecule has 164 valence electrons. The second kappa shape index (κ2) is 10.8. The van der Waals surface area contributed by atoms with Gasteiger partial charge in [-0.05, 0) is 68.8 Å². The van der Waals surface area contributed by atoms with Crippen LogP contribution < -0.4 is 0 Å². The number of benzene rings is 1. The van der Waals surface area contributed by atoms with Gasteiger partial charge >= 0.3 is 0 Å². The molecule has 3 atom stereocenters. The van der Waals surface area contributed by atoms with E-state index < -0.39 is 0 Å². The third-order valence-electron chi connectivity index (χ3n) is 7.21. The molecule has 1 N–H and O–H groups in total. The van der Waals surface area contributed by atoms with Gasteiger partial charge in [-0.3, -0.25) is 4.90 Å². The van der Waals surface area contributed by atoms with E-state index in [1.54, 1.807) is 0 Å². The molecule has 3 aliphatic heterocycles. The van der Waals surface area contributed by atoms with Crippen molar-refractivity contribution in [3.05, 3.63) is 35.4 Å². The summed E-state index contributed by atoms with van der Waals surface area (Å²) in [6.45, 7) is 8.93. The standard InChI is InChI=1S/C26H38N2O2/c1-2-3-4-7-21-8-10-23(11-9-21)26-24-19-27(18-22-12-16-30-17-13-22)14-5-6-15-28(24)25(26)20-29/h8-11,22,24-26,29H,2-3,5-6,12-20H2,1H3/t24-,25-,26-/m0/s1. The van der Waals surface area contributed by atoms with Crippen LogP contribution in [0.1, 0.15) is 62.5 Å². The van der Waals surface area contributed by atoms with Gasteiger partial charge < -0.3 is 14.7 Å². The molecule has 3 aliphatic rings. The Balaban J connectivity index is 1.46. The van der Waals surface area contributed by atoms with Gasteiger partial charge in [0.1, 0.15) is 0 Å². The lowest BCUT2D eigenvalue weighted by Gasteiger charge is -2.57. The summed E-state index contributed by atoms with van der Waals surface area (Å²) >= 11 is 0. The van der Waals surface area contributed by atoms with Gasteiger partial charge in [-0.1, -0.05) is 30.9 Å². The van der Waals surface area contributed by atoms with E-state index in [-0.39, 0.29) is 12.6 Å². The van der Waals surface area contributed by atoms with Gasteiger partial charge in [-0.15, -0.1) is 0 Å². The Labute approximate surface area is 182 Å². The van der Waals surface area contributed by atoms with Crippen molar-refractivity contribution in [1.82, 2.24) is 9.80 Å². The van der Waals surface area contributed by atoms with Crippen molar-refractivity contribution in [3.8, 4) is 11.8 Å².